The number of hydrogen-bond acceptors (Lipinski definition) is 4. The smallest absolute Gasteiger partial charge is 0.313 e. The first-order chi connectivity index (χ1) is 10.0. The lowest BCUT2D eigenvalue weighted by Gasteiger charge is -2.17. The number of carbonyl (C=O) groups excluding carboxylic acids is 3. The van der Waals surface area contributed by atoms with Crippen molar-refractivity contribution in [1.82, 2.24) is 0 Å². The second-order valence-corrected chi connectivity index (χ2v) is 5.19. The van der Waals surface area contributed by atoms with Crippen LogP contribution < -0.4 is 4.90 Å². The molecular formula is C16H19NO4. The lowest BCUT2D eigenvalue weighted by atomic mass is 10.0. The number of carbonyl (C=O) groups is 3. The van der Waals surface area contributed by atoms with Gasteiger partial charge in [-0.25, -0.2) is 0 Å². The maximum Gasteiger partial charge on any atom is 0.313 e. The van der Waals surface area contributed by atoms with Crippen molar-refractivity contribution < 1.29 is 19.1 Å². The highest BCUT2D eigenvalue weighted by molar-refractivity contribution is 6.04. The highest BCUT2D eigenvalue weighted by atomic mass is 16.5. The van der Waals surface area contributed by atoms with Gasteiger partial charge in [0.05, 0.1) is 6.61 Å². The molecule has 1 aliphatic heterocycles. The van der Waals surface area contributed by atoms with Crippen molar-refractivity contribution in [3.05, 3.63) is 29.8 Å². The van der Waals surface area contributed by atoms with Gasteiger partial charge in [-0.05, 0) is 31.5 Å². The summed E-state index contributed by atoms with van der Waals surface area (Å²) < 4.78 is 4.77. The van der Waals surface area contributed by atoms with Crippen LogP contribution in [-0.4, -0.2) is 30.8 Å². The first-order valence-corrected chi connectivity index (χ1v) is 7.06. The van der Waals surface area contributed by atoms with Crippen LogP contribution in [0.3, 0.4) is 0 Å². The zero-order valence-corrected chi connectivity index (χ0v) is 12.3. The summed E-state index contributed by atoms with van der Waals surface area (Å²) in [5.41, 5.74) is 1.85. The van der Waals surface area contributed by atoms with Crippen LogP contribution in [0.15, 0.2) is 24.3 Å². The number of rotatable bonds is 5. The van der Waals surface area contributed by atoms with E-state index in [1.54, 1.807) is 11.8 Å². The second kappa shape index (κ2) is 6.52. The van der Waals surface area contributed by atoms with Crippen molar-refractivity contribution >= 4 is 23.3 Å². The van der Waals surface area contributed by atoms with Gasteiger partial charge in [0.2, 0.25) is 5.91 Å². The van der Waals surface area contributed by atoms with Crippen LogP contribution in [0.1, 0.15) is 25.3 Å². The summed E-state index contributed by atoms with van der Waals surface area (Å²) in [6.07, 6.45) is -0.0976. The van der Waals surface area contributed by atoms with Gasteiger partial charge in [-0.2, -0.15) is 0 Å². The molecule has 21 heavy (non-hydrogen) atoms. The molecule has 0 N–H and O–H groups in total. The van der Waals surface area contributed by atoms with E-state index in [4.69, 9.17) is 4.74 Å². The number of nitrogens with zero attached hydrogens (tertiary/aromatic N) is 1. The number of aryl methyl sites for hydroxylation is 1. The monoisotopic (exact) mass is 289 g/mol. The van der Waals surface area contributed by atoms with E-state index in [2.05, 4.69) is 0 Å². The fraction of sp³-hybridized carbons (Fsp3) is 0.438. The molecule has 0 aliphatic carbocycles. The van der Waals surface area contributed by atoms with E-state index in [9.17, 15) is 14.4 Å². The largest absolute Gasteiger partial charge is 0.466 e. The van der Waals surface area contributed by atoms with Gasteiger partial charge >= 0.3 is 5.97 Å². The van der Waals surface area contributed by atoms with Crippen molar-refractivity contribution in [2.45, 2.75) is 26.7 Å². The molecule has 0 spiro atoms. The van der Waals surface area contributed by atoms with E-state index >= 15 is 0 Å². The summed E-state index contributed by atoms with van der Waals surface area (Å²) in [7, 11) is 0. The number of ketones is 1. The number of hydrogen-bond donors (Lipinski definition) is 0. The molecule has 5 nitrogen and oxygen atoms in total. The Hall–Kier alpha value is -2.17. The summed E-state index contributed by atoms with van der Waals surface area (Å²) in [6, 6.07) is 7.60. The predicted octanol–water partition coefficient (Wildman–Crippen LogP) is 1.87. The number of anilines is 1. The summed E-state index contributed by atoms with van der Waals surface area (Å²) in [4.78, 5) is 37.1. The minimum absolute atomic E-state index is 0.0807. The lowest BCUT2D eigenvalue weighted by molar-refractivity contribution is -0.146. The topological polar surface area (TPSA) is 63.7 Å². The predicted molar refractivity (Wildman–Crippen MR) is 77.9 cm³/mol. The zero-order valence-electron chi connectivity index (χ0n) is 12.3. The molecule has 1 fully saturated rings. The Morgan fingerprint density at radius 3 is 2.81 bits per heavy atom. The summed E-state index contributed by atoms with van der Waals surface area (Å²) in [6.45, 7) is 4.24. The maximum atomic E-state index is 12.1. The first kappa shape index (κ1) is 15.2. The molecule has 5 heteroatoms. The van der Waals surface area contributed by atoms with Gasteiger partial charge < -0.3 is 9.64 Å². The number of amides is 1. The SMILES string of the molecule is CCOC(=O)CC(=O)C1CC(=O)N(c2cccc(C)c2)C1. The minimum atomic E-state index is -0.524. The molecule has 1 unspecified atom stereocenters. The standard InChI is InChI=1S/C16H19NO4/c1-3-21-16(20)9-14(18)12-8-15(19)17(10-12)13-6-4-5-11(2)7-13/h4-7,12H,3,8-10H2,1-2H3. The van der Waals surface area contributed by atoms with Gasteiger partial charge in [-0.3, -0.25) is 14.4 Å². The Morgan fingerprint density at radius 1 is 1.38 bits per heavy atom. The Morgan fingerprint density at radius 2 is 2.14 bits per heavy atom. The lowest BCUT2D eigenvalue weighted by Crippen LogP contribution is -2.26. The molecule has 2 rings (SSSR count). The molecule has 0 aromatic heterocycles. The van der Waals surface area contributed by atoms with Crippen molar-refractivity contribution in [3.8, 4) is 0 Å². The molecule has 0 bridgehead atoms. The molecule has 1 aromatic carbocycles. The second-order valence-electron chi connectivity index (χ2n) is 5.19. The van der Waals surface area contributed by atoms with Crippen LogP contribution in [0, 0.1) is 12.8 Å². The van der Waals surface area contributed by atoms with Gasteiger partial charge in [0.1, 0.15) is 12.2 Å². The number of Topliss-reactive ketones (excluding diaryl/α,β-unsaturated/α-hetero) is 1. The molecule has 1 aliphatic rings. The molecule has 0 radical (unpaired) electrons. The van der Waals surface area contributed by atoms with Crippen molar-refractivity contribution in [2.75, 3.05) is 18.1 Å². The Kier molecular flexibility index (Phi) is 4.73. The summed E-state index contributed by atoms with van der Waals surface area (Å²) in [5.74, 6) is -1.26. The van der Waals surface area contributed by atoms with E-state index in [-0.39, 0.29) is 31.1 Å². The van der Waals surface area contributed by atoms with E-state index < -0.39 is 11.9 Å². The average molecular weight is 289 g/mol. The van der Waals surface area contributed by atoms with Gasteiger partial charge in [0.25, 0.3) is 0 Å². The van der Waals surface area contributed by atoms with Crippen LogP contribution in [0.4, 0.5) is 5.69 Å². The fourth-order valence-corrected chi connectivity index (χ4v) is 2.47. The Balaban J connectivity index is 2.02. The van der Waals surface area contributed by atoms with Crippen molar-refractivity contribution in [2.24, 2.45) is 5.92 Å². The van der Waals surface area contributed by atoms with Gasteiger partial charge in [-0.15, -0.1) is 0 Å². The maximum absolute atomic E-state index is 12.1. The number of esters is 1. The van der Waals surface area contributed by atoms with E-state index in [0.29, 0.717) is 6.54 Å². The highest BCUT2D eigenvalue weighted by Crippen LogP contribution is 2.26. The molecule has 1 atom stereocenters. The number of benzene rings is 1. The Bertz CT molecular complexity index is 567. The van der Waals surface area contributed by atoms with Gasteiger partial charge in [0, 0.05) is 24.6 Å². The van der Waals surface area contributed by atoms with Crippen molar-refractivity contribution in [3.63, 3.8) is 0 Å². The number of ether oxygens (including phenoxy) is 1. The Labute approximate surface area is 123 Å². The van der Waals surface area contributed by atoms with Crippen LogP contribution in [0.5, 0.6) is 0 Å². The van der Waals surface area contributed by atoms with Crippen molar-refractivity contribution in [1.29, 1.82) is 0 Å². The molecule has 112 valence electrons. The summed E-state index contributed by atoms with van der Waals surface area (Å²) in [5, 5.41) is 0. The molecule has 1 heterocycles. The molecule has 1 aromatic rings. The molecule has 1 amide bonds. The molecule has 1 saturated heterocycles. The zero-order chi connectivity index (χ0) is 15.4. The third-order valence-electron chi connectivity index (χ3n) is 3.52. The van der Waals surface area contributed by atoms with Crippen LogP contribution in [0.2, 0.25) is 0 Å². The normalized spacial score (nSPS) is 17.9. The highest BCUT2D eigenvalue weighted by Gasteiger charge is 2.35. The quantitative estimate of drug-likeness (QED) is 0.613. The van der Waals surface area contributed by atoms with E-state index in [1.807, 2.05) is 31.2 Å². The third kappa shape index (κ3) is 3.68. The van der Waals surface area contributed by atoms with E-state index in [1.165, 1.54) is 0 Å². The van der Waals surface area contributed by atoms with Gasteiger partial charge in [-0.1, -0.05) is 12.1 Å². The van der Waals surface area contributed by atoms with Crippen LogP contribution in [-0.2, 0) is 19.1 Å². The average Bonchev–Trinajstić information content (AvgIpc) is 2.81. The third-order valence-corrected chi connectivity index (χ3v) is 3.52. The molecule has 0 saturated carbocycles. The first-order valence-electron chi connectivity index (χ1n) is 7.06. The van der Waals surface area contributed by atoms with Gasteiger partial charge in [0.15, 0.2) is 0 Å². The van der Waals surface area contributed by atoms with Crippen LogP contribution in [0.25, 0.3) is 0 Å². The summed E-state index contributed by atoms with van der Waals surface area (Å²) >= 11 is 0. The van der Waals surface area contributed by atoms with E-state index in [0.717, 1.165) is 11.3 Å². The molecular weight excluding hydrogens is 270 g/mol. The van der Waals surface area contributed by atoms with Crippen LogP contribution >= 0.6 is 0 Å². The minimum Gasteiger partial charge on any atom is -0.466 e. The fourth-order valence-electron chi connectivity index (χ4n) is 2.47.